The highest BCUT2D eigenvalue weighted by atomic mass is 35.5. The molecule has 0 bridgehead atoms. The van der Waals surface area contributed by atoms with Crippen molar-refractivity contribution in [3.63, 3.8) is 0 Å². The van der Waals surface area contributed by atoms with E-state index in [1.165, 1.54) is 11.3 Å². The van der Waals surface area contributed by atoms with Crippen LogP contribution in [0.3, 0.4) is 0 Å². The van der Waals surface area contributed by atoms with E-state index < -0.39 is 0 Å². The third kappa shape index (κ3) is 3.32. The first-order chi connectivity index (χ1) is 9.67. The third-order valence-electron chi connectivity index (χ3n) is 3.26. The molecular weight excluding hydrogens is 294 g/mol. The van der Waals surface area contributed by atoms with E-state index in [4.69, 9.17) is 16.3 Å². The maximum Gasteiger partial charge on any atom is 0.349 e. The van der Waals surface area contributed by atoms with E-state index in [0.29, 0.717) is 16.5 Å². The van der Waals surface area contributed by atoms with E-state index >= 15 is 0 Å². The highest BCUT2D eigenvalue weighted by Crippen LogP contribution is 2.35. The maximum atomic E-state index is 12.1. The summed E-state index contributed by atoms with van der Waals surface area (Å²) >= 11 is 7.63. The SMILES string of the molecule is CCN(CC)CCOC(=O)c1sc2ccccc2c1Cl. The van der Waals surface area contributed by atoms with E-state index in [-0.39, 0.29) is 5.97 Å². The van der Waals surface area contributed by atoms with Gasteiger partial charge < -0.3 is 9.64 Å². The zero-order valence-corrected chi connectivity index (χ0v) is 13.3. The fraction of sp³-hybridized carbons (Fsp3) is 0.400. The lowest BCUT2D eigenvalue weighted by atomic mass is 10.2. The molecular formula is C15H18ClNO2S. The number of carbonyl (C=O) groups is 1. The molecule has 0 amide bonds. The van der Waals surface area contributed by atoms with E-state index in [9.17, 15) is 4.79 Å². The number of carbonyl (C=O) groups excluding carboxylic acids is 1. The average molecular weight is 312 g/mol. The summed E-state index contributed by atoms with van der Waals surface area (Å²) in [5, 5.41) is 1.41. The van der Waals surface area contributed by atoms with Crippen LogP contribution < -0.4 is 0 Å². The number of hydrogen-bond donors (Lipinski definition) is 0. The normalized spacial score (nSPS) is 11.2. The molecule has 0 aliphatic rings. The first kappa shape index (κ1) is 15.3. The quantitative estimate of drug-likeness (QED) is 0.754. The van der Waals surface area contributed by atoms with Gasteiger partial charge in [0.1, 0.15) is 11.5 Å². The Morgan fingerprint density at radius 2 is 2.00 bits per heavy atom. The van der Waals surface area contributed by atoms with Gasteiger partial charge in [-0.2, -0.15) is 0 Å². The van der Waals surface area contributed by atoms with Crippen molar-refractivity contribution >= 4 is 39.0 Å². The van der Waals surface area contributed by atoms with Crippen molar-refractivity contribution < 1.29 is 9.53 Å². The van der Waals surface area contributed by atoms with E-state index in [1.807, 2.05) is 24.3 Å². The maximum absolute atomic E-state index is 12.1. The van der Waals surface area contributed by atoms with Crippen LogP contribution in [0.1, 0.15) is 23.5 Å². The van der Waals surface area contributed by atoms with Gasteiger partial charge in [0.05, 0.1) is 5.02 Å². The number of fused-ring (bicyclic) bond motifs is 1. The van der Waals surface area contributed by atoms with E-state index in [1.54, 1.807) is 0 Å². The van der Waals surface area contributed by atoms with Gasteiger partial charge in [-0.25, -0.2) is 4.79 Å². The predicted molar refractivity (Wildman–Crippen MR) is 84.9 cm³/mol. The van der Waals surface area contributed by atoms with Crippen LogP contribution in [0, 0.1) is 0 Å². The van der Waals surface area contributed by atoms with Gasteiger partial charge in [-0.3, -0.25) is 0 Å². The lowest BCUT2D eigenvalue weighted by molar-refractivity contribution is 0.0472. The summed E-state index contributed by atoms with van der Waals surface area (Å²) in [6.07, 6.45) is 0. The molecule has 0 N–H and O–H groups in total. The van der Waals surface area contributed by atoms with Crippen LogP contribution in [-0.2, 0) is 4.74 Å². The monoisotopic (exact) mass is 311 g/mol. The van der Waals surface area contributed by atoms with Crippen LogP contribution >= 0.6 is 22.9 Å². The number of halogens is 1. The Labute approximate surface area is 128 Å². The van der Waals surface area contributed by atoms with Crippen LogP contribution in [0.2, 0.25) is 5.02 Å². The van der Waals surface area contributed by atoms with Crippen molar-refractivity contribution in [2.24, 2.45) is 0 Å². The zero-order chi connectivity index (χ0) is 14.5. The number of hydrogen-bond acceptors (Lipinski definition) is 4. The Hall–Kier alpha value is -1.10. The van der Waals surface area contributed by atoms with Gasteiger partial charge >= 0.3 is 5.97 Å². The third-order valence-corrected chi connectivity index (χ3v) is 4.91. The van der Waals surface area contributed by atoms with Gasteiger partial charge in [-0.1, -0.05) is 43.6 Å². The molecule has 1 aromatic carbocycles. The molecule has 20 heavy (non-hydrogen) atoms. The average Bonchev–Trinajstić information content (AvgIpc) is 2.81. The van der Waals surface area contributed by atoms with Crippen molar-refractivity contribution in [3.05, 3.63) is 34.2 Å². The Morgan fingerprint density at radius 1 is 1.30 bits per heavy atom. The summed E-state index contributed by atoms with van der Waals surface area (Å²) in [4.78, 5) is 14.8. The minimum atomic E-state index is -0.330. The molecule has 3 nitrogen and oxygen atoms in total. The van der Waals surface area contributed by atoms with Gasteiger partial charge in [-0.15, -0.1) is 11.3 Å². The lowest BCUT2D eigenvalue weighted by Gasteiger charge is -2.17. The van der Waals surface area contributed by atoms with Gasteiger partial charge in [0.25, 0.3) is 0 Å². The molecule has 0 radical (unpaired) electrons. The first-order valence-corrected chi connectivity index (χ1v) is 7.93. The fourth-order valence-corrected chi connectivity index (χ4v) is 3.42. The highest BCUT2D eigenvalue weighted by molar-refractivity contribution is 7.21. The van der Waals surface area contributed by atoms with E-state index in [0.717, 1.165) is 29.7 Å². The number of esters is 1. The summed E-state index contributed by atoms with van der Waals surface area (Å²) < 4.78 is 6.33. The molecule has 0 fully saturated rings. The molecule has 108 valence electrons. The Kier molecular flexibility index (Phi) is 5.40. The van der Waals surface area contributed by atoms with Crippen LogP contribution in [-0.4, -0.2) is 37.1 Å². The second kappa shape index (κ2) is 7.07. The van der Waals surface area contributed by atoms with Crippen LogP contribution in [0.4, 0.5) is 0 Å². The molecule has 1 heterocycles. The van der Waals surface area contributed by atoms with E-state index in [2.05, 4.69) is 18.7 Å². The summed E-state index contributed by atoms with van der Waals surface area (Å²) in [5.74, 6) is -0.330. The van der Waals surface area contributed by atoms with Crippen LogP contribution in [0.25, 0.3) is 10.1 Å². The number of likely N-dealkylation sites (N-methyl/N-ethyl adjacent to an activating group) is 1. The van der Waals surface area contributed by atoms with Crippen molar-refractivity contribution in [2.45, 2.75) is 13.8 Å². The second-order valence-electron chi connectivity index (χ2n) is 4.40. The predicted octanol–water partition coefficient (Wildman–Crippen LogP) is 4.05. The summed E-state index contributed by atoms with van der Waals surface area (Å²) in [6, 6.07) is 7.72. The molecule has 5 heteroatoms. The molecule has 2 aromatic rings. The largest absolute Gasteiger partial charge is 0.460 e. The molecule has 0 saturated heterocycles. The van der Waals surface area contributed by atoms with Crippen molar-refractivity contribution in [1.82, 2.24) is 4.90 Å². The number of ether oxygens (including phenoxy) is 1. The number of thiophene rings is 1. The molecule has 0 atom stereocenters. The standard InChI is InChI=1S/C15H18ClNO2S/c1-3-17(4-2)9-10-19-15(18)14-13(16)11-7-5-6-8-12(11)20-14/h5-8H,3-4,9-10H2,1-2H3. The fourth-order valence-electron chi connectivity index (χ4n) is 2.02. The molecule has 1 aromatic heterocycles. The molecule has 0 aliphatic heterocycles. The Morgan fingerprint density at radius 3 is 2.65 bits per heavy atom. The zero-order valence-electron chi connectivity index (χ0n) is 11.7. The molecule has 0 spiro atoms. The second-order valence-corrected chi connectivity index (χ2v) is 5.83. The van der Waals surface area contributed by atoms with Crippen molar-refractivity contribution in [2.75, 3.05) is 26.2 Å². The van der Waals surface area contributed by atoms with Crippen molar-refractivity contribution in [1.29, 1.82) is 0 Å². The molecule has 2 rings (SSSR count). The Balaban J connectivity index is 2.03. The molecule has 0 unspecified atom stereocenters. The number of benzene rings is 1. The minimum Gasteiger partial charge on any atom is -0.460 e. The van der Waals surface area contributed by atoms with Crippen molar-refractivity contribution in [3.8, 4) is 0 Å². The summed E-state index contributed by atoms with van der Waals surface area (Å²) in [7, 11) is 0. The minimum absolute atomic E-state index is 0.330. The Bertz CT molecular complexity index is 593. The smallest absolute Gasteiger partial charge is 0.349 e. The first-order valence-electron chi connectivity index (χ1n) is 6.73. The topological polar surface area (TPSA) is 29.5 Å². The lowest BCUT2D eigenvalue weighted by Crippen LogP contribution is -2.27. The summed E-state index contributed by atoms with van der Waals surface area (Å²) in [5.41, 5.74) is 0. The highest BCUT2D eigenvalue weighted by Gasteiger charge is 2.18. The molecule has 0 saturated carbocycles. The summed E-state index contributed by atoms with van der Waals surface area (Å²) in [6.45, 7) is 7.24. The number of nitrogens with zero attached hydrogens (tertiary/aromatic N) is 1. The van der Waals surface area contributed by atoms with Crippen LogP contribution in [0.15, 0.2) is 24.3 Å². The van der Waals surface area contributed by atoms with Gasteiger partial charge in [0.15, 0.2) is 0 Å². The van der Waals surface area contributed by atoms with Crippen LogP contribution in [0.5, 0.6) is 0 Å². The van der Waals surface area contributed by atoms with Gasteiger partial charge in [0, 0.05) is 16.6 Å². The molecule has 0 aliphatic carbocycles. The number of rotatable bonds is 6. The van der Waals surface area contributed by atoms with Gasteiger partial charge in [0.2, 0.25) is 0 Å². The van der Waals surface area contributed by atoms with Gasteiger partial charge in [-0.05, 0) is 19.2 Å².